The summed E-state index contributed by atoms with van der Waals surface area (Å²) in [6, 6.07) is 9.29. The molecule has 2 aromatic rings. The first-order valence-corrected chi connectivity index (χ1v) is 11.3. The van der Waals surface area contributed by atoms with Crippen LogP contribution in [0.25, 0.3) is 0 Å². The zero-order valence-electron chi connectivity index (χ0n) is 16.6. The molecule has 2 atom stereocenters. The molecule has 0 aromatic heterocycles. The number of halogens is 6. The van der Waals surface area contributed by atoms with Gasteiger partial charge in [0.15, 0.2) is 0 Å². The molecule has 33 heavy (non-hydrogen) atoms. The summed E-state index contributed by atoms with van der Waals surface area (Å²) in [5.41, 5.74) is 6.56. The predicted molar refractivity (Wildman–Crippen MR) is 122 cm³/mol. The van der Waals surface area contributed by atoms with Crippen LogP contribution in [0.15, 0.2) is 30.3 Å². The zero-order chi connectivity index (χ0) is 24.3. The second kappa shape index (κ2) is 8.28. The molecule has 2 aromatic carbocycles. The van der Waals surface area contributed by atoms with Crippen LogP contribution in [0.4, 0.5) is 14.5 Å². The summed E-state index contributed by atoms with van der Waals surface area (Å²) in [5.74, 6) is -6.34. The van der Waals surface area contributed by atoms with Crippen molar-refractivity contribution < 1.29 is 18.4 Å². The smallest absolute Gasteiger partial charge is 0.250 e. The third-order valence-corrected chi connectivity index (χ3v) is 7.49. The Hall–Kier alpha value is -2.11. The number of benzene rings is 2. The standard InChI is InChI=1S/C22H15Cl4F2N3O2/c23-12-2-9(8-29)1-10(3-12)16-17(22(16,25)26)20(33)31-13-4-14(11-6-21(27,28)7-11)18(24)15(5-13)19(30)32/h1-5,11,16-17H,6-7H2,(H2,30,32)(H,31,33). The zero-order valence-corrected chi connectivity index (χ0v) is 19.7. The number of hydrogen-bond acceptors (Lipinski definition) is 3. The van der Waals surface area contributed by atoms with Crippen LogP contribution in [-0.2, 0) is 4.79 Å². The van der Waals surface area contributed by atoms with Crippen molar-refractivity contribution in [1.82, 2.24) is 0 Å². The van der Waals surface area contributed by atoms with Gasteiger partial charge in [-0.3, -0.25) is 9.59 Å². The molecule has 0 heterocycles. The van der Waals surface area contributed by atoms with Crippen LogP contribution in [0.3, 0.4) is 0 Å². The first-order valence-electron chi connectivity index (χ1n) is 9.74. The molecule has 0 radical (unpaired) electrons. The third-order valence-electron chi connectivity index (χ3n) is 5.91. The lowest BCUT2D eigenvalue weighted by molar-refractivity contribution is -0.117. The molecule has 5 nitrogen and oxygen atoms in total. The van der Waals surface area contributed by atoms with Crippen LogP contribution in [0, 0.1) is 17.2 Å². The van der Waals surface area contributed by atoms with Crippen molar-refractivity contribution in [1.29, 1.82) is 5.26 Å². The highest BCUT2D eigenvalue weighted by molar-refractivity contribution is 6.53. The van der Waals surface area contributed by atoms with Gasteiger partial charge in [-0.15, -0.1) is 23.2 Å². The maximum Gasteiger partial charge on any atom is 0.250 e. The molecule has 2 amide bonds. The monoisotopic (exact) mass is 531 g/mol. The average Bonchev–Trinajstić information content (AvgIpc) is 3.28. The maximum atomic E-state index is 13.4. The van der Waals surface area contributed by atoms with E-state index in [-0.39, 0.29) is 16.3 Å². The highest BCUT2D eigenvalue weighted by atomic mass is 35.5. The van der Waals surface area contributed by atoms with Gasteiger partial charge in [0.25, 0.3) is 0 Å². The van der Waals surface area contributed by atoms with E-state index in [1.165, 1.54) is 18.2 Å². The summed E-state index contributed by atoms with van der Waals surface area (Å²) in [7, 11) is 0. The number of nitrogens with one attached hydrogen (secondary N) is 1. The van der Waals surface area contributed by atoms with E-state index in [1.807, 2.05) is 6.07 Å². The van der Waals surface area contributed by atoms with E-state index < -0.39 is 52.7 Å². The van der Waals surface area contributed by atoms with Crippen molar-refractivity contribution >= 4 is 63.9 Å². The number of nitriles is 1. The second-order valence-electron chi connectivity index (χ2n) is 8.26. The van der Waals surface area contributed by atoms with E-state index in [9.17, 15) is 18.4 Å². The van der Waals surface area contributed by atoms with Crippen molar-refractivity contribution in [3.63, 3.8) is 0 Å². The van der Waals surface area contributed by atoms with Crippen LogP contribution in [0.1, 0.15) is 51.7 Å². The van der Waals surface area contributed by atoms with E-state index >= 15 is 0 Å². The lowest BCUT2D eigenvalue weighted by atomic mass is 9.76. The molecule has 11 heteroatoms. The highest BCUT2D eigenvalue weighted by Gasteiger charge is 2.67. The van der Waals surface area contributed by atoms with Crippen LogP contribution in [0.2, 0.25) is 10.0 Å². The Morgan fingerprint density at radius 2 is 1.79 bits per heavy atom. The Bertz CT molecular complexity index is 1220. The summed E-state index contributed by atoms with van der Waals surface area (Å²) in [6.45, 7) is 0. The molecular formula is C22H15Cl4F2N3O2. The van der Waals surface area contributed by atoms with E-state index in [4.69, 9.17) is 57.4 Å². The number of alkyl halides is 4. The minimum Gasteiger partial charge on any atom is -0.366 e. The lowest BCUT2D eigenvalue weighted by Crippen LogP contribution is -2.34. The quantitative estimate of drug-likeness (QED) is 0.462. The normalized spacial score (nSPS) is 22.7. The molecule has 4 rings (SSSR count). The first kappa shape index (κ1) is 24.0. The number of nitrogens with zero attached hydrogens (tertiary/aromatic N) is 1. The van der Waals surface area contributed by atoms with Crippen molar-refractivity contribution in [3.8, 4) is 6.07 Å². The Morgan fingerprint density at radius 1 is 1.12 bits per heavy atom. The summed E-state index contributed by atoms with van der Waals surface area (Å²) in [4.78, 5) is 24.8. The van der Waals surface area contributed by atoms with Gasteiger partial charge in [0.2, 0.25) is 17.7 Å². The Balaban J connectivity index is 1.61. The number of primary amides is 1. The molecule has 0 spiro atoms. The highest BCUT2D eigenvalue weighted by Crippen LogP contribution is 2.65. The molecule has 172 valence electrons. The molecule has 2 aliphatic carbocycles. The number of carbonyl (C=O) groups is 2. The van der Waals surface area contributed by atoms with Gasteiger partial charge < -0.3 is 11.1 Å². The second-order valence-corrected chi connectivity index (χ2v) is 10.5. The molecule has 0 aliphatic heterocycles. The van der Waals surface area contributed by atoms with Crippen molar-refractivity contribution in [2.75, 3.05) is 5.32 Å². The summed E-state index contributed by atoms with van der Waals surface area (Å²) >= 11 is 25.0. The summed E-state index contributed by atoms with van der Waals surface area (Å²) < 4.78 is 25.3. The molecule has 0 saturated heterocycles. The number of carbonyl (C=O) groups excluding carboxylic acids is 2. The van der Waals surface area contributed by atoms with Crippen LogP contribution >= 0.6 is 46.4 Å². The predicted octanol–water partition coefficient (Wildman–Crippen LogP) is 6.00. The van der Waals surface area contributed by atoms with Gasteiger partial charge in [0.05, 0.1) is 28.1 Å². The average molecular weight is 533 g/mol. The number of nitrogens with two attached hydrogens (primary N) is 1. The van der Waals surface area contributed by atoms with Crippen LogP contribution in [-0.4, -0.2) is 22.1 Å². The first-order chi connectivity index (χ1) is 15.3. The molecule has 2 fully saturated rings. The fourth-order valence-electron chi connectivity index (χ4n) is 4.22. The maximum absolute atomic E-state index is 13.4. The van der Waals surface area contributed by atoms with Gasteiger partial charge in [-0.05, 0) is 47.4 Å². The largest absolute Gasteiger partial charge is 0.366 e. The van der Waals surface area contributed by atoms with Gasteiger partial charge in [-0.25, -0.2) is 8.78 Å². The van der Waals surface area contributed by atoms with E-state index in [0.29, 0.717) is 21.7 Å². The van der Waals surface area contributed by atoms with Crippen LogP contribution in [0.5, 0.6) is 0 Å². The SMILES string of the molecule is N#Cc1cc(Cl)cc(C2C(C(=O)Nc3cc(C(N)=O)c(Cl)c(C4CC(F)(F)C4)c3)C2(Cl)Cl)c1. The summed E-state index contributed by atoms with van der Waals surface area (Å²) in [5, 5.41) is 12.1. The van der Waals surface area contributed by atoms with Crippen LogP contribution < -0.4 is 11.1 Å². The topological polar surface area (TPSA) is 96.0 Å². The molecule has 2 aliphatic rings. The van der Waals surface area contributed by atoms with Crippen molar-refractivity contribution in [2.45, 2.75) is 34.9 Å². The summed E-state index contributed by atoms with van der Waals surface area (Å²) in [6.07, 6.45) is -0.842. The number of anilines is 1. The molecule has 0 bridgehead atoms. The number of amides is 2. The Kier molecular flexibility index (Phi) is 6.03. The van der Waals surface area contributed by atoms with Gasteiger partial charge in [-0.1, -0.05) is 23.2 Å². The molecule has 2 saturated carbocycles. The fourth-order valence-corrected chi connectivity index (χ4v) is 5.65. The number of hydrogen-bond donors (Lipinski definition) is 2. The molecule has 2 unspecified atom stereocenters. The van der Waals surface area contributed by atoms with Crippen molar-refractivity contribution in [2.24, 2.45) is 11.7 Å². The van der Waals surface area contributed by atoms with E-state index in [0.717, 1.165) is 0 Å². The van der Waals surface area contributed by atoms with Gasteiger partial charge >= 0.3 is 0 Å². The molecule has 3 N–H and O–H groups in total. The van der Waals surface area contributed by atoms with E-state index in [2.05, 4.69) is 5.32 Å². The third kappa shape index (κ3) is 4.50. The Labute approximate surface area is 207 Å². The lowest BCUT2D eigenvalue weighted by Gasteiger charge is -2.36. The van der Waals surface area contributed by atoms with Gasteiger partial charge in [0, 0.05) is 29.5 Å². The number of rotatable bonds is 5. The Morgan fingerprint density at radius 3 is 2.36 bits per heavy atom. The van der Waals surface area contributed by atoms with Gasteiger partial charge in [0.1, 0.15) is 4.33 Å². The molecular weight excluding hydrogens is 518 g/mol. The minimum absolute atomic E-state index is 0.0164. The fraction of sp³-hybridized carbons (Fsp3) is 0.318. The minimum atomic E-state index is -2.81. The van der Waals surface area contributed by atoms with Gasteiger partial charge in [-0.2, -0.15) is 5.26 Å². The van der Waals surface area contributed by atoms with Crippen molar-refractivity contribution in [3.05, 3.63) is 62.6 Å². The van der Waals surface area contributed by atoms with E-state index in [1.54, 1.807) is 12.1 Å².